The molecule has 0 spiro atoms. The molecule has 0 bridgehead atoms. The Labute approximate surface area is 160 Å². The molecule has 1 aromatic carbocycles. The Morgan fingerprint density at radius 3 is 2.67 bits per heavy atom. The van der Waals surface area contributed by atoms with Crippen molar-refractivity contribution >= 4 is 23.1 Å². The van der Waals surface area contributed by atoms with E-state index in [2.05, 4.69) is 25.5 Å². The number of nitrogens with two attached hydrogens (primary N) is 1. The van der Waals surface area contributed by atoms with Gasteiger partial charge in [-0.25, -0.2) is 4.98 Å². The minimum Gasteiger partial charge on any atom is -0.492 e. The Morgan fingerprint density at radius 2 is 1.96 bits per heavy atom. The van der Waals surface area contributed by atoms with Gasteiger partial charge < -0.3 is 25.8 Å². The van der Waals surface area contributed by atoms with Gasteiger partial charge in [0.25, 0.3) is 0 Å². The van der Waals surface area contributed by atoms with Crippen LogP contribution in [-0.2, 0) is 4.74 Å². The first-order valence-electron chi connectivity index (χ1n) is 9.29. The number of hydrogen-bond acceptors (Lipinski definition) is 8. The van der Waals surface area contributed by atoms with Gasteiger partial charge >= 0.3 is 0 Å². The van der Waals surface area contributed by atoms with E-state index in [1.807, 2.05) is 38.1 Å². The zero-order valence-corrected chi connectivity index (χ0v) is 15.9. The van der Waals surface area contributed by atoms with Crippen molar-refractivity contribution in [2.24, 2.45) is 0 Å². The third-order valence-electron chi connectivity index (χ3n) is 4.13. The molecule has 2 heterocycles. The molecule has 0 aliphatic carbocycles. The number of nitrogens with one attached hydrogen (secondary N) is 2. The van der Waals surface area contributed by atoms with Crippen molar-refractivity contribution < 1.29 is 9.47 Å². The predicted octanol–water partition coefficient (Wildman–Crippen LogP) is 2.33. The number of benzene rings is 1. The summed E-state index contributed by atoms with van der Waals surface area (Å²) in [5.74, 6) is 1.97. The fourth-order valence-corrected chi connectivity index (χ4v) is 2.72. The summed E-state index contributed by atoms with van der Waals surface area (Å²) in [5, 5.41) is 6.39. The van der Waals surface area contributed by atoms with Crippen LogP contribution in [-0.4, -0.2) is 60.4 Å². The van der Waals surface area contributed by atoms with Gasteiger partial charge in [0.15, 0.2) is 5.82 Å². The minimum absolute atomic E-state index is 0.240. The Balaban J connectivity index is 1.51. The van der Waals surface area contributed by atoms with Crippen LogP contribution in [0.5, 0.6) is 5.75 Å². The van der Waals surface area contributed by atoms with E-state index in [1.54, 1.807) is 6.20 Å². The van der Waals surface area contributed by atoms with Gasteiger partial charge in [-0.3, -0.25) is 4.90 Å². The third kappa shape index (κ3) is 5.97. The molecule has 1 aliphatic heterocycles. The molecule has 2 aromatic rings. The summed E-state index contributed by atoms with van der Waals surface area (Å²) in [6.45, 7) is 9.21. The molecule has 3 rings (SSSR count). The van der Waals surface area contributed by atoms with Crippen LogP contribution in [0.25, 0.3) is 0 Å². The number of aromatic nitrogens is 2. The van der Waals surface area contributed by atoms with Gasteiger partial charge in [0.05, 0.1) is 25.1 Å². The number of hydrogen-bond donors (Lipinski definition) is 3. The molecular formula is C19H28N6O2. The fourth-order valence-electron chi connectivity index (χ4n) is 2.72. The average molecular weight is 372 g/mol. The van der Waals surface area contributed by atoms with Crippen LogP contribution in [0.4, 0.5) is 23.1 Å². The van der Waals surface area contributed by atoms with E-state index in [9.17, 15) is 0 Å². The monoisotopic (exact) mass is 372 g/mol. The van der Waals surface area contributed by atoms with Crippen LogP contribution in [0.3, 0.4) is 0 Å². The lowest BCUT2D eigenvalue weighted by Crippen LogP contribution is -2.38. The largest absolute Gasteiger partial charge is 0.492 e. The first-order chi connectivity index (χ1) is 13.1. The first kappa shape index (κ1) is 19.2. The Hall–Kier alpha value is -2.58. The number of nitrogen functional groups attached to an aromatic ring is 1. The number of rotatable bonds is 8. The van der Waals surface area contributed by atoms with Crippen LogP contribution >= 0.6 is 0 Å². The van der Waals surface area contributed by atoms with Crippen molar-refractivity contribution in [1.29, 1.82) is 0 Å². The zero-order chi connectivity index (χ0) is 19.1. The number of nitrogens with zero attached hydrogens (tertiary/aromatic N) is 3. The second-order valence-electron chi connectivity index (χ2n) is 6.75. The lowest BCUT2D eigenvalue weighted by atomic mass is 10.3. The Bertz CT molecular complexity index is 717. The normalized spacial score (nSPS) is 14.9. The highest BCUT2D eigenvalue weighted by molar-refractivity contribution is 5.64. The van der Waals surface area contributed by atoms with E-state index in [0.717, 1.165) is 44.3 Å². The fraction of sp³-hybridized carbons (Fsp3) is 0.474. The average Bonchev–Trinajstić information content (AvgIpc) is 2.66. The van der Waals surface area contributed by atoms with E-state index in [4.69, 9.17) is 15.2 Å². The number of anilines is 4. The lowest BCUT2D eigenvalue weighted by Gasteiger charge is -2.26. The van der Waals surface area contributed by atoms with E-state index < -0.39 is 0 Å². The molecule has 1 aliphatic rings. The van der Waals surface area contributed by atoms with Crippen LogP contribution in [0.2, 0.25) is 0 Å². The molecule has 0 radical (unpaired) electrons. The van der Waals surface area contributed by atoms with Gasteiger partial charge in [0, 0.05) is 31.4 Å². The minimum atomic E-state index is 0.240. The molecule has 27 heavy (non-hydrogen) atoms. The molecule has 8 nitrogen and oxygen atoms in total. The zero-order valence-electron chi connectivity index (χ0n) is 15.9. The molecule has 146 valence electrons. The SMILES string of the molecule is CC(C)Nc1nc(Nc2ccc(OCCN3CCOCC3)cc2)ncc1N. The molecule has 1 saturated heterocycles. The second kappa shape index (κ2) is 9.38. The lowest BCUT2D eigenvalue weighted by molar-refractivity contribution is 0.0322. The molecule has 1 aromatic heterocycles. The molecule has 8 heteroatoms. The van der Waals surface area contributed by atoms with Crippen LogP contribution in [0.15, 0.2) is 30.5 Å². The Kier molecular flexibility index (Phi) is 6.67. The van der Waals surface area contributed by atoms with Crippen molar-refractivity contribution in [1.82, 2.24) is 14.9 Å². The van der Waals surface area contributed by atoms with Gasteiger partial charge in [0.1, 0.15) is 12.4 Å². The first-order valence-corrected chi connectivity index (χ1v) is 9.29. The highest BCUT2D eigenvalue weighted by Crippen LogP contribution is 2.21. The third-order valence-corrected chi connectivity index (χ3v) is 4.13. The van der Waals surface area contributed by atoms with Gasteiger partial charge in [-0.1, -0.05) is 0 Å². The van der Waals surface area contributed by atoms with Gasteiger partial charge in [0.2, 0.25) is 5.95 Å². The van der Waals surface area contributed by atoms with Gasteiger partial charge in [-0.2, -0.15) is 4.98 Å². The summed E-state index contributed by atoms with van der Waals surface area (Å²) in [4.78, 5) is 11.0. The molecule has 0 unspecified atom stereocenters. The summed E-state index contributed by atoms with van der Waals surface area (Å²) in [6.07, 6.45) is 1.60. The summed E-state index contributed by atoms with van der Waals surface area (Å²) in [7, 11) is 0. The molecule has 0 saturated carbocycles. The van der Waals surface area contributed by atoms with Gasteiger partial charge in [-0.15, -0.1) is 0 Å². The van der Waals surface area contributed by atoms with Crippen LogP contribution in [0, 0.1) is 0 Å². The van der Waals surface area contributed by atoms with E-state index >= 15 is 0 Å². The quantitative estimate of drug-likeness (QED) is 0.650. The van der Waals surface area contributed by atoms with E-state index in [0.29, 0.717) is 24.1 Å². The predicted molar refractivity (Wildman–Crippen MR) is 108 cm³/mol. The van der Waals surface area contributed by atoms with E-state index in [-0.39, 0.29) is 6.04 Å². The summed E-state index contributed by atoms with van der Waals surface area (Å²) in [5.41, 5.74) is 7.32. The highest BCUT2D eigenvalue weighted by Gasteiger charge is 2.10. The molecule has 4 N–H and O–H groups in total. The second-order valence-corrected chi connectivity index (χ2v) is 6.75. The topological polar surface area (TPSA) is 97.6 Å². The Morgan fingerprint density at radius 1 is 1.22 bits per heavy atom. The molecule has 1 fully saturated rings. The van der Waals surface area contributed by atoms with Crippen molar-refractivity contribution in [2.75, 3.05) is 55.8 Å². The van der Waals surface area contributed by atoms with Crippen molar-refractivity contribution in [3.05, 3.63) is 30.5 Å². The molecular weight excluding hydrogens is 344 g/mol. The standard InChI is InChI=1S/C19H28N6O2/c1-14(2)22-18-17(20)13-21-19(24-18)23-15-3-5-16(6-4-15)27-12-9-25-7-10-26-11-8-25/h3-6,13-14H,7-12,20H2,1-2H3,(H2,21,22,23,24). The summed E-state index contributed by atoms with van der Waals surface area (Å²) in [6, 6.07) is 8.00. The smallest absolute Gasteiger partial charge is 0.229 e. The van der Waals surface area contributed by atoms with Crippen molar-refractivity contribution in [3.63, 3.8) is 0 Å². The number of ether oxygens (including phenoxy) is 2. The van der Waals surface area contributed by atoms with Crippen LogP contribution < -0.4 is 21.1 Å². The van der Waals surface area contributed by atoms with E-state index in [1.165, 1.54) is 0 Å². The maximum atomic E-state index is 5.91. The highest BCUT2D eigenvalue weighted by atomic mass is 16.5. The number of morpholine rings is 1. The summed E-state index contributed by atoms with van der Waals surface area (Å²) >= 11 is 0. The van der Waals surface area contributed by atoms with Crippen molar-refractivity contribution in [2.45, 2.75) is 19.9 Å². The van der Waals surface area contributed by atoms with Gasteiger partial charge in [-0.05, 0) is 38.1 Å². The molecule has 0 amide bonds. The maximum Gasteiger partial charge on any atom is 0.229 e. The molecule has 0 atom stereocenters. The van der Waals surface area contributed by atoms with Crippen molar-refractivity contribution in [3.8, 4) is 5.75 Å². The summed E-state index contributed by atoms with van der Waals surface area (Å²) < 4.78 is 11.2. The van der Waals surface area contributed by atoms with Crippen LogP contribution in [0.1, 0.15) is 13.8 Å². The maximum absolute atomic E-state index is 5.91.